The molecular formula is C45H90N2O5S. The van der Waals surface area contributed by atoms with Crippen molar-refractivity contribution in [3.8, 4) is 0 Å². The zero-order valence-electron chi connectivity index (χ0n) is 35.7. The monoisotopic (exact) mass is 771 g/mol. The quantitative estimate of drug-likeness (QED) is 0.0490. The van der Waals surface area contributed by atoms with Gasteiger partial charge in [-0.2, -0.15) is 0 Å². The standard InChI is InChI=1S/C45H90N2O5S/c1-5-9-11-13-15-17-19-21-23-25-27-29-31-33-35-37-40-50-43-44(51-42-39-47(7-3)8-4)45(53(46,48)49)52-41-38-36-34-32-30-28-26-24-22-20-18-16-14-12-10-6-2/h21-24,44-45H,5-20,25-43H2,1-4H3,(H2,46,48,49)/b23-21-,24-22-. The number of hydrogen-bond donors (Lipinski definition) is 1. The number of nitrogens with zero attached hydrogens (tertiary/aromatic N) is 1. The Labute approximate surface area is 331 Å². The molecule has 0 aliphatic rings. The van der Waals surface area contributed by atoms with E-state index < -0.39 is 21.6 Å². The average molecular weight is 771 g/mol. The number of primary sulfonamides is 1. The van der Waals surface area contributed by atoms with Crippen molar-refractivity contribution in [1.82, 2.24) is 4.90 Å². The summed E-state index contributed by atoms with van der Waals surface area (Å²) < 4.78 is 43.4. The van der Waals surface area contributed by atoms with Gasteiger partial charge < -0.3 is 19.1 Å². The van der Waals surface area contributed by atoms with Crippen LogP contribution in [-0.4, -0.2) is 70.9 Å². The molecule has 0 aromatic rings. The van der Waals surface area contributed by atoms with Crippen molar-refractivity contribution in [2.75, 3.05) is 46.1 Å². The fraction of sp³-hybridized carbons (Fsp3) is 0.911. The molecule has 7 nitrogen and oxygen atoms in total. The minimum absolute atomic E-state index is 0.165. The topological polar surface area (TPSA) is 91.1 Å². The van der Waals surface area contributed by atoms with Gasteiger partial charge in [0.15, 0.2) is 0 Å². The Kier molecular flexibility index (Phi) is 40.3. The molecule has 0 aliphatic carbocycles. The molecule has 0 saturated heterocycles. The second-order valence-corrected chi connectivity index (χ2v) is 16.9. The van der Waals surface area contributed by atoms with E-state index in [2.05, 4.69) is 56.9 Å². The van der Waals surface area contributed by atoms with Crippen LogP contribution in [0.2, 0.25) is 0 Å². The van der Waals surface area contributed by atoms with Gasteiger partial charge in [-0.25, -0.2) is 13.6 Å². The molecular weight excluding hydrogens is 681 g/mol. The van der Waals surface area contributed by atoms with E-state index in [0.717, 1.165) is 51.7 Å². The van der Waals surface area contributed by atoms with E-state index in [1.807, 2.05) is 0 Å². The van der Waals surface area contributed by atoms with Crippen LogP contribution in [0, 0.1) is 0 Å². The molecule has 0 spiro atoms. The van der Waals surface area contributed by atoms with Crippen molar-refractivity contribution in [2.24, 2.45) is 5.14 Å². The largest absolute Gasteiger partial charge is 0.379 e. The van der Waals surface area contributed by atoms with Gasteiger partial charge in [-0.1, -0.05) is 168 Å². The Morgan fingerprint density at radius 3 is 1.26 bits per heavy atom. The summed E-state index contributed by atoms with van der Waals surface area (Å²) in [6.07, 6.45) is 43.6. The van der Waals surface area contributed by atoms with E-state index in [4.69, 9.17) is 19.3 Å². The molecule has 0 radical (unpaired) electrons. The van der Waals surface area contributed by atoms with Crippen LogP contribution in [0.3, 0.4) is 0 Å². The predicted octanol–water partition coefficient (Wildman–Crippen LogP) is 12.4. The highest BCUT2D eigenvalue weighted by Gasteiger charge is 2.33. The number of rotatable bonds is 43. The van der Waals surface area contributed by atoms with Gasteiger partial charge in [-0.15, -0.1) is 0 Å². The molecule has 2 unspecified atom stereocenters. The van der Waals surface area contributed by atoms with Gasteiger partial charge in [0.25, 0.3) is 0 Å². The van der Waals surface area contributed by atoms with E-state index in [0.29, 0.717) is 19.8 Å². The first kappa shape index (κ1) is 52.2. The van der Waals surface area contributed by atoms with Crippen LogP contribution in [0.4, 0.5) is 0 Å². The number of ether oxygens (including phenoxy) is 3. The first-order valence-corrected chi connectivity index (χ1v) is 24.4. The third-order valence-corrected chi connectivity index (χ3v) is 11.4. The summed E-state index contributed by atoms with van der Waals surface area (Å²) in [7, 11) is -3.97. The van der Waals surface area contributed by atoms with Crippen LogP contribution < -0.4 is 5.14 Å². The lowest BCUT2D eigenvalue weighted by atomic mass is 10.1. The summed E-state index contributed by atoms with van der Waals surface area (Å²) in [5.74, 6) is 0. The Balaban J connectivity index is 4.31. The molecule has 0 heterocycles. The van der Waals surface area contributed by atoms with Crippen LogP contribution in [0.25, 0.3) is 0 Å². The molecule has 0 saturated carbocycles. The smallest absolute Gasteiger partial charge is 0.239 e. The molecule has 0 rings (SSSR count). The maximum absolute atomic E-state index is 12.7. The van der Waals surface area contributed by atoms with Crippen LogP contribution in [0.5, 0.6) is 0 Å². The van der Waals surface area contributed by atoms with E-state index in [9.17, 15) is 8.42 Å². The van der Waals surface area contributed by atoms with Gasteiger partial charge >= 0.3 is 0 Å². The Hall–Kier alpha value is -0.770. The molecule has 8 heteroatoms. The third kappa shape index (κ3) is 36.6. The number of allylic oxidation sites excluding steroid dienone is 4. The molecule has 0 amide bonds. The first-order chi connectivity index (χ1) is 25.9. The molecule has 2 atom stereocenters. The fourth-order valence-corrected chi connectivity index (χ4v) is 7.56. The van der Waals surface area contributed by atoms with Crippen LogP contribution >= 0.6 is 0 Å². The van der Waals surface area contributed by atoms with Gasteiger partial charge in [0.2, 0.25) is 15.5 Å². The van der Waals surface area contributed by atoms with Gasteiger partial charge in [0.1, 0.15) is 6.10 Å². The minimum atomic E-state index is -3.97. The summed E-state index contributed by atoms with van der Waals surface area (Å²) in [4.78, 5) is 2.25. The zero-order chi connectivity index (χ0) is 38.9. The second kappa shape index (κ2) is 40.9. The molecule has 0 aliphatic heterocycles. The lowest BCUT2D eigenvalue weighted by Crippen LogP contribution is -2.45. The Morgan fingerprint density at radius 2 is 0.868 bits per heavy atom. The van der Waals surface area contributed by atoms with Crippen molar-refractivity contribution >= 4 is 10.0 Å². The average Bonchev–Trinajstić information content (AvgIpc) is 3.14. The maximum atomic E-state index is 12.7. The summed E-state index contributed by atoms with van der Waals surface area (Å²) in [6, 6.07) is 0. The molecule has 0 fully saturated rings. The third-order valence-electron chi connectivity index (χ3n) is 10.3. The lowest BCUT2D eigenvalue weighted by molar-refractivity contribution is -0.0795. The highest BCUT2D eigenvalue weighted by molar-refractivity contribution is 7.89. The van der Waals surface area contributed by atoms with Crippen molar-refractivity contribution < 1.29 is 22.6 Å². The first-order valence-electron chi connectivity index (χ1n) is 22.7. The van der Waals surface area contributed by atoms with Gasteiger partial charge in [-0.05, 0) is 77.3 Å². The molecule has 316 valence electrons. The number of hydrogen-bond acceptors (Lipinski definition) is 6. The van der Waals surface area contributed by atoms with Gasteiger partial charge in [0, 0.05) is 19.8 Å². The summed E-state index contributed by atoms with van der Waals surface area (Å²) >= 11 is 0. The summed E-state index contributed by atoms with van der Waals surface area (Å²) in [6.45, 7) is 12.8. The Bertz CT molecular complexity index is 893. The second-order valence-electron chi connectivity index (χ2n) is 15.2. The van der Waals surface area contributed by atoms with Crippen molar-refractivity contribution in [3.63, 3.8) is 0 Å². The molecule has 0 aromatic heterocycles. The van der Waals surface area contributed by atoms with Crippen molar-refractivity contribution in [2.45, 2.75) is 219 Å². The Morgan fingerprint density at radius 1 is 0.491 bits per heavy atom. The van der Waals surface area contributed by atoms with Crippen LogP contribution in [0.1, 0.15) is 207 Å². The number of nitrogens with two attached hydrogens (primary N) is 1. The SMILES string of the molecule is CCCCCCCC/C=C\CCCCCCCCOCC(OCCN(CC)CC)C(OCCCCCCCC/C=C\CCCCCCCC)S(N)(=O)=O. The van der Waals surface area contributed by atoms with Gasteiger partial charge in [0.05, 0.1) is 13.2 Å². The maximum Gasteiger partial charge on any atom is 0.239 e. The molecule has 0 aromatic carbocycles. The number of likely N-dealkylation sites (N-methyl/N-ethyl adjacent to an activating group) is 1. The van der Waals surface area contributed by atoms with Crippen molar-refractivity contribution in [3.05, 3.63) is 24.3 Å². The summed E-state index contributed by atoms with van der Waals surface area (Å²) in [5.41, 5.74) is -1.22. The highest BCUT2D eigenvalue weighted by Crippen LogP contribution is 2.15. The highest BCUT2D eigenvalue weighted by atomic mass is 32.2. The normalized spacial score (nSPS) is 13.6. The molecule has 2 N–H and O–H groups in total. The minimum Gasteiger partial charge on any atom is -0.379 e. The number of unbranched alkanes of at least 4 members (excludes halogenated alkanes) is 24. The van der Waals surface area contributed by atoms with Crippen LogP contribution in [0.15, 0.2) is 24.3 Å². The number of sulfonamides is 1. The lowest BCUT2D eigenvalue weighted by Gasteiger charge is -2.27. The van der Waals surface area contributed by atoms with E-state index >= 15 is 0 Å². The molecule has 53 heavy (non-hydrogen) atoms. The molecule has 0 bridgehead atoms. The van der Waals surface area contributed by atoms with Gasteiger partial charge in [-0.3, -0.25) is 0 Å². The van der Waals surface area contributed by atoms with Crippen LogP contribution in [-0.2, 0) is 24.2 Å². The predicted molar refractivity (Wildman–Crippen MR) is 230 cm³/mol. The fourth-order valence-electron chi connectivity index (χ4n) is 6.69. The van der Waals surface area contributed by atoms with Crippen molar-refractivity contribution in [1.29, 1.82) is 0 Å². The van der Waals surface area contributed by atoms with E-state index in [-0.39, 0.29) is 6.61 Å². The summed E-state index contributed by atoms with van der Waals surface area (Å²) in [5, 5.41) is 5.70. The zero-order valence-corrected chi connectivity index (χ0v) is 36.5. The van der Waals surface area contributed by atoms with E-state index in [1.54, 1.807) is 0 Å². The van der Waals surface area contributed by atoms with E-state index in [1.165, 1.54) is 148 Å².